The van der Waals surface area contributed by atoms with Gasteiger partial charge in [0.05, 0.1) is 3.57 Å². The molecule has 0 spiro atoms. The Bertz CT molecular complexity index is 332. The first kappa shape index (κ1) is 9.51. The zero-order valence-electron chi connectivity index (χ0n) is 6.89. The molecule has 0 heterocycles. The summed E-state index contributed by atoms with van der Waals surface area (Å²) < 4.78 is 0.639. The summed E-state index contributed by atoms with van der Waals surface area (Å²) in [5, 5.41) is 9.48. The molecule has 0 saturated carbocycles. The molecule has 1 N–H and O–H groups in total. The first-order valence-electron chi connectivity index (χ1n) is 3.53. The molecule has 1 aromatic rings. The number of carbonyl (C=O) groups excluding carboxylic acids is 1. The number of hydrogen-bond donors (Lipinski definition) is 1. The minimum atomic E-state index is -0.0188. The molecule has 0 amide bonds. The molecule has 0 bridgehead atoms. The molecule has 0 fully saturated rings. The SMILES string of the molecule is CC(=O)c1ccc(C)c(O)c1I. The van der Waals surface area contributed by atoms with Crippen LogP contribution in [0.25, 0.3) is 0 Å². The highest BCUT2D eigenvalue weighted by Crippen LogP contribution is 2.27. The van der Waals surface area contributed by atoms with Gasteiger partial charge in [-0.15, -0.1) is 0 Å². The van der Waals surface area contributed by atoms with Gasteiger partial charge in [0, 0.05) is 5.56 Å². The second-order valence-corrected chi connectivity index (χ2v) is 3.73. The van der Waals surface area contributed by atoms with Crippen molar-refractivity contribution in [2.75, 3.05) is 0 Å². The highest BCUT2D eigenvalue weighted by Gasteiger charge is 2.10. The van der Waals surface area contributed by atoms with E-state index in [1.165, 1.54) is 6.92 Å². The van der Waals surface area contributed by atoms with E-state index in [0.29, 0.717) is 9.13 Å². The van der Waals surface area contributed by atoms with Crippen LogP contribution in [0.15, 0.2) is 12.1 Å². The Hall–Kier alpha value is -0.580. The summed E-state index contributed by atoms with van der Waals surface area (Å²) in [6.07, 6.45) is 0. The molecule has 1 aromatic carbocycles. The predicted octanol–water partition coefficient (Wildman–Crippen LogP) is 2.51. The summed E-state index contributed by atoms with van der Waals surface area (Å²) in [5.41, 5.74) is 1.38. The van der Waals surface area contributed by atoms with Crippen LogP contribution in [0.2, 0.25) is 0 Å². The Morgan fingerprint density at radius 1 is 1.50 bits per heavy atom. The Balaban J connectivity index is 3.36. The van der Waals surface area contributed by atoms with E-state index in [9.17, 15) is 9.90 Å². The average molecular weight is 276 g/mol. The first-order chi connectivity index (χ1) is 5.54. The maximum atomic E-state index is 11.0. The van der Waals surface area contributed by atoms with E-state index in [1.54, 1.807) is 19.1 Å². The largest absolute Gasteiger partial charge is 0.507 e. The lowest BCUT2D eigenvalue weighted by Gasteiger charge is -2.04. The van der Waals surface area contributed by atoms with E-state index in [0.717, 1.165) is 5.56 Å². The number of aryl methyl sites for hydroxylation is 1. The zero-order valence-corrected chi connectivity index (χ0v) is 9.05. The van der Waals surface area contributed by atoms with Crippen molar-refractivity contribution in [1.82, 2.24) is 0 Å². The molecular weight excluding hydrogens is 267 g/mol. The molecule has 64 valence electrons. The van der Waals surface area contributed by atoms with Gasteiger partial charge in [-0.2, -0.15) is 0 Å². The lowest BCUT2D eigenvalue weighted by molar-refractivity contribution is 0.101. The van der Waals surface area contributed by atoms with Crippen LogP contribution in [0.5, 0.6) is 5.75 Å². The number of phenolic OH excluding ortho intramolecular Hbond substituents is 1. The lowest BCUT2D eigenvalue weighted by Crippen LogP contribution is -1.96. The van der Waals surface area contributed by atoms with E-state index in [1.807, 2.05) is 22.6 Å². The van der Waals surface area contributed by atoms with Crippen molar-refractivity contribution >= 4 is 28.4 Å². The molecule has 0 aliphatic heterocycles. The molecule has 0 atom stereocenters. The molecule has 1 rings (SSSR count). The van der Waals surface area contributed by atoms with Gasteiger partial charge in [-0.05, 0) is 48.1 Å². The van der Waals surface area contributed by atoms with Gasteiger partial charge in [0.2, 0.25) is 0 Å². The summed E-state index contributed by atoms with van der Waals surface area (Å²) in [5.74, 6) is 0.193. The maximum Gasteiger partial charge on any atom is 0.161 e. The highest BCUT2D eigenvalue weighted by atomic mass is 127. The third-order valence-corrected chi connectivity index (χ3v) is 2.79. The van der Waals surface area contributed by atoms with Gasteiger partial charge in [0.15, 0.2) is 5.78 Å². The van der Waals surface area contributed by atoms with E-state index >= 15 is 0 Å². The van der Waals surface area contributed by atoms with Crippen molar-refractivity contribution < 1.29 is 9.90 Å². The van der Waals surface area contributed by atoms with E-state index in [-0.39, 0.29) is 11.5 Å². The summed E-state index contributed by atoms with van der Waals surface area (Å²) in [7, 11) is 0. The number of phenols is 1. The Labute approximate surface area is 84.7 Å². The zero-order chi connectivity index (χ0) is 9.30. The van der Waals surface area contributed by atoms with Gasteiger partial charge in [-0.25, -0.2) is 0 Å². The van der Waals surface area contributed by atoms with Gasteiger partial charge >= 0.3 is 0 Å². The van der Waals surface area contributed by atoms with E-state index in [2.05, 4.69) is 0 Å². The number of halogens is 1. The van der Waals surface area contributed by atoms with Crippen LogP contribution in [0.4, 0.5) is 0 Å². The second kappa shape index (κ2) is 3.43. The molecule has 0 saturated heterocycles. The van der Waals surface area contributed by atoms with Crippen LogP contribution in [0.3, 0.4) is 0 Å². The molecule has 0 aliphatic rings. The van der Waals surface area contributed by atoms with Crippen molar-refractivity contribution in [1.29, 1.82) is 0 Å². The molecule has 0 unspecified atom stereocenters. The van der Waals surface area contributed by atoms with Crippen molar-refractivity contribution in [3.63, 3.8) is 0 Å². The van der Waals surface area contributed by atoms with E-state index in [4.69, 9.17) is 0 Å². The summed E-state index contributed by atoms with van der Waals surface area (Å²) in [6, 6.07) is 3.48. The minimum absolute atomic E-state index is 0.0188. The molecule has 2 nitrogen and oxygen atoms in total. The van der Waals surface area contributed by atoms with Gasteiger partial charge < -0.3 is 5.11 Å². The molecule has 0 aliphatic carbocycles. The molecule has 12 heavy (non-hydrogen) atoms. The van der Waals surface area contributed by atoms with Crippen LogP contribution in [0, 0.1) is 10.5 Å². The minimum Gasteiger partial charge on any atom is -0.507 e. The van der Waals surface area contributed by atoms with Crippen LogP contribution in [-0.2, 0) is 0 Å². The van der Waals surface area contributed by atoms with Gasteiger partial charge in [-0.1, -0.05) is 6.07 Å². The molecule has 3 heteroatoms. The van der Waals surface area contributed by atoms with Crippen molar-refractivity contribution in [2.24, 2.45) is 0 Å². The molecule has 0 aromatic heterocycles. The van der Waals surface area contributed by atoms with E-state index < -0.39 is 0 Å². The number of benzene rings is 1. The van der Waals surface area contributed by atoms with Gasteiger partial charge in [-0.3, -0.25) is 4.79 Å². The fraction of sp³-hybridized carbons (Fsp3) is 0.222. The monoisotopic (exact) mass is 276 g/mol. The molecular formula is C9H9IO2. The van der Waals surface area contributed by atoms with Crippen LogP contribution >= 0.6 is 22.6 Å². The lowest BCUT2D eigenvalue weighted by atomic mass is 10.1. The topological polar surface area (TPSA) is 37.3 Å². The number of carbonyl (C=O) groups is 1. The van der Waals surface area contributed by atoms with Crippen molar-refractivity contribution in [3.05, 3.63) is 26.8 Å². The second-order valence-electron chi connectivity index (χ2n) is 2.65. The fourth-order valence-corrected chi connectivity index (χ4v) is 1.92. The Kier molecular flexibility index (Phi) is 2.72. The fourth-order valence-electron chi connectivity index (χ4n) is 0.933. The smallest absolute Gasteiger partial charge is 0.161 e. The number of aromatic hydroxyl groups is 1. The van der Waals surface area contributed by atoms with Crippen LogP contribution in [0.1, 0.15) is 22.8 Å². The maximum absolute atomic E-state index is 11.0. The number of rotatable bonds is 1. The third kappa shape index (κ3) is 1.60. The number of Topliss-reactive ketones (excluding diaryl/α,β-unsaturated/α-hetero) is 1. The summed E-state index contributed by atoms with van der Waals surface area (Å²) in [6.45, 7) is 3.30. The van der Waals surface area contributed by atoms with Gasteiger partial charge in [0.25, 0.3) is 0 Å². The average Bonchev–Trinajstić information content (AvgIpc) is 2.00. The standard InChI is InChI=1S/C9H9IO2/c1-5-3-4-7(6(2)11)8(10)9(5)12/h3-4,12H,1-2H3. The predicted molar refractivity (Wildman–Crippen MR) is 55.6 cm³/mol. The van der Waals surface area contributed by atoms with Crippen molar-refractivity contribution in [2.45, 2.75) is 13.8 Å². The van der Waals surface area contributed by atoms with Crippen LogP contribution in [-0.4, -0.2) is 10.9 Å². The Morgan fingerprint density at radius 2 is 2.08 bits per heavy atom. The van der Waals surface area contributed by atoms with Crippen LogP contribution < -0.4 is 0 Å². The van der Waals surface area contributed by atoms with Gasteiger partial charge in [0.1, 0.15) is 5.75 Å². The third-order valence-electron chi connectivity index (χ3n) is 1.70. The highest BCUT2D eigenvalue weighted by molar-refractivity contribution is 14.1. The summed E-state index contributed by atoms with van der Waals surface area (Å²) in [4.78, 5) is 11.0. The Morgan fingerprint density at radius 3 is 2.58 bits per heavy atom. The summed E-state index contributed by atoms with van der Waals surface area (Å²) >= 11 is 1.97. The number of hydrogen-bond acceptors (Lipinski definition) is 2. The van der Waals surface area contributed by atoms with Crippen molar-refractivity contribution in [3.8, 4) is 5.75 Å². The normalized spacial score (nSPS) is 9.92. The number of ketones is 1. The first-order valence-corrected chi connectivity index (χ1v) is 4.61. The quantitative estimate of drug-likeness (QED) is 0.632. The molecule has 0 radical (unpaired) electrons.